The van der Waals surface area contributed by atoms with Crippen LogP contribution in [0.3, 0.4) is 0 Å². The van der Waals surface area contributed by atoms with Crippen molar-refractivity contribution in [1.82, 2.24) is 4.98 Å². The summed E-state index contributed by atoms with van der Waals surface area (Å²) >= 11 is 0. The molecule has 0 fully saturated rings. The zero-order valence-electron chi connectivity index (χ0n) is 7.35. The van der Waals surface area contributed by atoms with Crippen LogP contribution in [-0.4, -0.2) is 23.2 Å². The number of fused-ring (bicyclic) bond motifs is 1. The van der Waals surface area contributed by atoms with Crippen molar-refractivity contribution in [3.05, 3.63) is 23.8 Å². The fourth-order valence-electron chi connectivity index (χ4n) is 1.18. The molecular weight excluding hydrogens is 186 g/mol. The van der Waals surface area contributed by atoms with Crippen LogP contribution in [0.15, 0.2) is 22.6 Å². The molecule has 1 N–H and O–H groups in total. The first-order chi connectivity index (χ1) is 6.72. The maximum absolute atomic E-state index is 10.8. The smallest absolute Gasteiger partial charge is 0.394 e. The van der Waals surface area contributed by atoms with Gasteiger partial charge in [-0.2, -0.15) is 4.98 Å². The Balaban J connectivity index is 2.73. The molecular formula is C9H7NO4. The number of aromatic nitrogens is 1. The number of ether oxygens (including phenoxy) is 1. The molecule has 0 aliphatic heterocycles. The fourth-order valence-corrected chi connectivity index (χ4v) is 1.18. The van der Waals surface area contributed by atoms with Gasteiger partial charge in [0, 0.05) is 0 Å². The molecule has 0 aliphatic rings. The van der Waals surface area contributed by atoms with Gasteiger partial charge >= 0.3 is 12.0 Å². The molecule has 72 valence electrons. The number of carboxylic acid groups (broad SMARTS) is 1. The van der Waals surface area contributed by atoms with Crippen molar-refractivity contribution in [1.29, 1.82) is 0 Å². The van der Waals surface area contributed by atoms with Gasteiger partial charge in [-0.15, -0.1) is 0 Å². The maximum Gasteiger partial charge on any atom is 0.394 e. The summed E-state index contributed by atoms with van der Waals surface area (Å²) in [4.78, 5) is 14.7. The van der Waals surface area contributed by atoms with Gasteiger partial charge in [0.15, 0.2) is 5.58 Å². The summed E-state index contributed by atoms with van der Waals surface area (Å²) in [6.45, 7) is 0. The number of carbonyl (C=O) groups is 1. The SMILES string of the molecule is COc1nc2cccc(C(=O)O)c2o1. The van der Waals surface area contributed by atoms with Crippen LogP contribution >= 0.6 is 0 Å². The summed E-state index contributed by atoms with van der Waals surface area (Å²) in [5.41, 5.74) is 0.789. The van der Waals surface area contributed by atoms with Crippen molar-refractivity contribution in [3.63, 3.8) is 0 Å². The van der Waals surface area contributed by atoms with E-state index in [0.29, 0.717) is 5.52 Å². The number of methoxy groups -OCH3 is 1. The molecule has 2 rings (SSSR count). The predicted octanol–water partition coefficient (Wildman–Crippen LogP) is 1.53. The Labute approximate surface area is 78.9 Å². The first-order valence-electron chi connectivity index (χ1n) is 3.89. The van der Waals surface area contributed by atoms with Gasteiger partial charge in [-0.25, -0.2) is 4.79 Å². The molecule has 0 unspecified atom stereocenters. The molecule has 5 heteroatoms. The van der Waals surface area contributed by atoms with E-state index >= 15 is 0 Å². The molecule has 0 aliphatic carbocycles. The Morgan fingerprint density at radius 1 is 1.57 bits per heavy atom. The largest absolute Gasteiger partial charge is 0.478 e. The molecule has 2 aromatic rings. The zero-order valence-corrected chi connectivity index (χ0v) is 7.35. The van der Waals surface area contributed by atoms with Crippen LogP contribution in [0.25, 0.3) is 11.1 Å². The van der Waals surface area contributed by atoms with Crippen LogP contribution < -0.4 is 4.74 Å². The first kappa shape index (κ1) is 8.55. The van der Waals surface area contributed by atoms with E-state index in [1.807, 2.05) is 0 Å². The van der Waals surface area contributed by atoms with Gasteiger partial charge in [-0.1, -0.05) is 6.07 Å². The number of nitrogens with zero attached hydrogens (tertiary/aromatic N) is 1. The van der Waals surface area contributed by atoms with Crippen LogP contribution in [0, 0.1) is 0 Å². The third-order valence-electron chi connectivity index (χ3n) is 1.80. The number of rotatable bonds is 2. The molecule has 0 saturated carbocycles. The van der Waals surface area contributed by atoms with Gasteiger partial charge in [0.05, 0.1) is 7.11 Å². The second-order valence-electron chi connectivity index (χ2n) is 2.64. The van der Waals surface area contributed by atoms with E-state index in [1.165, 1.54) is 13.2 Å². The fraction of sp³-hybridized carbons (Fsp3) is 0.111. The van der Waals surface area contributed by atoms with Crippen molar-refractivity contribution in [2.75, 3.05) is 7.11 Å². The van der Waals surface area contributed by atoms with Crippen LogP contribution in [0.5, 0.6) is 6.08 Å². The molecule has 14 heavy (non-hydrogen) atoms. The van der Waals surface area contributed by atoms with Gasteiger partial charge in [-0.3, -0.25) is 0 Å². The van der Waals surface area contributed by atoms with Gasteiger partial charge < -0.3 is 14.3 Å². The average Bonchev–Trinajstić information content (AvgIpc) is 2.59. The summed E-state index contributed by atoms with van der Waals surface area (Å²) in [6.07, 6.45) is 0.0636. The molecule has 0 saturated heterocycles. The molecule has 5 nitrogen and oxygen atoms in total. The van der Waals surface area contributed by atoms with Crippen molar-refractivity contribution in [2.45, 2.75) is 0 Å². The number of hydrogen-bond acceptors (Lipinski definition) is 4. The highest BCUT2D eigenvalue weighted by atomic mass is 16.6. The minimum Gasteiger partial charge on any atom is -0.478 e. The Hall–Kier alpha value is -2.04. The Morgan fingerprint density at radius 2 is 2.36 bits per heavy atom. The highest BCUT2D eigenvalue weighted by Gasteiger charge is 2.14. The second-order valence-corrected chi connectivity index (χ2v) is 2.64. The lowest BCUT2D eigenvalue weighted by Gasteiger charge is -1.92. The Bertz CT molecular complexity index is 489. The maximum atomic E-state index is 10.8. The van der Waals surface area contributed by atoms with Crippen molar-refractivity contribution in [3.8, 4) is 6.08 Å². The van der Waals surface area contributed by atoms with E-state index in [-0.39, 0.29) is 17.2 Å². The van der Waals surface area contributed by atoms with E-state index in [9.17, 15) is 4.79 Å². The summed E-state index contributed by atoms with van der Waals surface area (Å²) < 4.78 is 9.86. The monoisotopic (exact) mass is 193 g/mol. The van der Waals surface area contributed by atoms with Crippen molar-refractivity contribution in [2.24, 2.45) is 0 Å². The molecule has 0 atom stereocenters. The number of hydrogen-bond donors (Lipinski definition) is 1. The van der Waals surface area contributed by atoms with E-state index in [2.05, 4.69) is 4.98 Å². The zero-order chi connectivity index (χ0) is 10.1. The van der Waals surface area contributed by atoms with Crippen LogP contribution in [0.1, 0.15) is 10.4 Å². The third kappa shape index (κ3) is 1.19. The van der Waals surface area contributed by atoms with Gasteiger partial charge in [0.25, 0.3) is 0 Å². The summed E-state index contributed by atoms with van der Waals surface area (Å²) in [5, 5.41) is 8.84. The van der Waals surface area contributed by atoms with E-state index in [1.54, 1.807) is 12.1 Å². The predicted molar refractivity (Wildman–Crippen MR) is 47.5 cm³/mol. The third-order valence-corrected chi connectivity index (χ3v) is 1.80. The number of benzene rings is 1. The highest BCUT2D eigenvalue weighted by Crippen LogP contribution is 2.23. The summed E-state index contributed by atoms with van der Waals surface area (Å²) in [6, 6.07) is 4.72. The minimum atomic E-state index is -1.05. The number of carboxylic acids is 1. The lowest BCUT2D eigenvalue weighted by atomic mass is 10.2. The van der Waals surface area contributed by atoms with Gasteiger partial charge in [0.1, 0.15) is 11.1 Å². The Kier molecular flexibility index (Phi) is 1.85. The van der Waals surface area contributed by atoms with Crippen LogP contribution in [0.4, 0.5) is 0 Å². The quantitative estimate of drug-likeness (QED) is 0.782. The molecule has 1 aromatic heterocycles. The van der Waals surface area contributed by atoms with Crippen LogP contribution in [0.2, 0.25) is 0 Å². The van der Waals surface area contributed by atoms with Gasteiger partial charge in [0.2, 0.25) is 0 Å². The molecule has 0 radical (unpaired) electrons. The average molecular weight is 193 g/mol. The number of aromatic carboxylic acids is 1. The molecule has 1 heterocycles. The normalized spacial score (nSPS) is 10.4. The lowest BCUT2D eigenvalue weighted by molar-refractivity contribution is 0.0697. The van der Waals surface area contributed by atoms with Crippen LogP contribution in [-0.2, 0) is 0 Å². The van der Waals surface area contributed by atoms with E-state index in [4.69, 9.17) is 14.3 Å². The number of para-hydroxylation sites is 1. The molecule has 0 spiro atoms. The van der Waals surface area contributed by atoms with Crippen molar-refractivity contribution < 1.29 is 19.1 Å². The highest BCUT2D eigenvalue weighted by molar-refractivity contribution is 5.99. The summed E-state index contributed by atoms with van der Waals surface area (Å²) in [7, 11) is 1.41. The topological polar surface area (TPSA) is 72.6 Å². The molecule has 0 amide bonds. The summed E-state index contributed by atoms with van der Waals surface area (Å²) in [5.74, 6) is -1.05. The van der Waals surface area contributed by atoms with Gasteiger partial charge in [-0.05, 0) is 12.1 Å². The Morgan fingerprint density at radius 3 is 3.00 bits per heavy atom. The first-order valence-corrected chi connectivity index (χ1v) is 3.89. The molecule has 0 bridgehead atoms. The minimum absolute atomic E-state index is 0.0636. The number of oxazole rings is 1. The van der Waals surface area contributed by atoms with E-state index in [0.717, 1.165) is 0 Å². The molecule has 1 aromatic carbocycles. The van der Waals surface area contributed by atoms with E-state index < -0.39 is 5.97 Å². The second kappa shape index (κ2) is 3.02. The van der Waals surface area contributed by atoms with Crippen molar-refractivity contribution >= 4 is 17.1 Å². The lowest BCUT2D eigenvalue weighted by Crippen LogP contribution is -1.95. The standard InChI is InChI=1S/C9H7NO4/c1-13-9-10-6-4-2-3-5(8(11)12)7(6)14-9/h2-4H,1H3,(H,11,12).